The van der Waals surface area contributed by atoms with Gasteiger partial charge >= 0.3 is 131 Å². The summed E-state index contributed by atoms with van der Waals surface area (Å²) < 4.78 is 11.5. The fourth-order valence-corrected chi connectivity index (χ4v) is 5.86. The Labute approximate surface area is 131 Å². The fourth-order valence-electron chi connectivity index (χ4n) is 1.91. The molecule has 0 amide bonds. The van der Waals surface area contributed by atoms with Crippen LogP contribution in [0.3, 0.4) is 0 Å². The molecule has 0 aromatic heterocycles. The molecule has 0 spiro atoms. The Kier molecular flexibility index (Phi) is 7.88. The van der Waals surface area contributed by atoms with E-state index in [2.05, 4.69) is 37.0 Å². The third kappa shape index (κ3) is 5.60. The molecule has 0 aliphatic heterocycles. The third-order valence-electron chi connectivity index (χ3n) is 3.38. The standard InChI is InChI=1S/C14H17.2CH3O.ClH.Sn/c1-4-13(5-2)11-10-12(3)14-8-6-7-9-14;2*1-2;;/h5-11,14H,1,3-4H2,2H3;2*1H3;1H;/q;2*-1;;+3/p-1/b11-10-,13-5-;;;;. The monoisotopic (exact) mass is 402 g/mol. The molecule has 0 aromatic rings. The number of halogens is 1. The average molecular weight is 402 g/mol. The Balaban J connectivity index is 2.53. The van der Waals surface area contributed by atoms with Crippen molar-refractivity contribution < 1.29 is 6.15 Å². The quantitative estimate of drug-likeness (QED) is 0.435. The van der Waals surface area contributed by atoms with Crippen LogP contribution in [0.25, 0.3) is 0 Å². The van der Waals surface area contributed by atoms with Gasteiger partial charge in [0.25, 0.3) is 0 Å². The predicted molar refractivity (Wildman–Crippen MR) is 88.9 cm³/mol. The first-order valence-corrected chi connectivity index (χ1v) is 14.7. The Morgan fingerprint density at radius 1 is 1.25 bits per heavy atom. The van der Waals surface area contributed by atoms with Crippen molar-refractivity contribution in [3.05, 3.63) is 60.3 Å². The van der Waals surface area contributed by atoms with Gasteiger partial charge in [0, 0.05) is 0 Å². The van der Waals surface area contributed by atoms with Crippen LogP contribution in [0.4, 0.5) is 0 Å². The van der Waals surface area contributed by atoms with E-state index in [1.807, 2.05) is 19.1 Å². The fraction of sp³-hybridized carbons (Fsp3) is 0.375. The molecule has 0 aromatic carbocycles. The van der Waals surface area contributed by atoms with Crippen molar-refractivity contribution in [2.24, 2.45) is 5.92 Å². The summed E-state index contributed by atoms with van der Waals surface area (Å²) in [6.45, 7) is 6.14. The molecule has 0 radical (unpaired) electrons. The van der Waals surface area contributed by atoms with Crippen molar-refractivity contribution in [2.45, 2.75) is 17.8 Å². The number of allylic oxidation sites excluding steroid dienone is 9. The Morgan fingerprint density at radius 3 is 2.35 bits per heavy atom. The van der Waals surface area contributed by atoms with Gasteiger partial charge in [-0.2, -0.15) is 0 Å². The van der Waals surface area contributed by atoms with Gasteiger partial charge < -0.3 is 0 Å². The van der Waals surface area contributed by atoms with E-state index in [-0.39, 0.29) is 0 Å². The topological polar surface area (TPSA) is 18.5 Å². The van der Waals surface area contributed by atoms with Crippen molar-refractivity contribution in [2.75, 3.05) is 14.2 Å². The molecule has 0 heterocycles. The summed E-state index contributed by atoms with van der Waals surface area (Å²) in [5.74, 6) is 0.327. The molecule has 0 atom stereocenters. The number of hydrogen-bond acceptors (Lipinski definition) is 2. The van der Waals surface area contributed by atoms with Crippen LogP contribution in [0, 0.1) is 5.92 Å². The second-order valence-electron chi connectivity index (χ2n) is 4.64. The maximum absolute atomic E-state index is 6.35. The van der Waals surface area contributed by atoms with E-state index in [4.69, 9.17) is 15.1 Å². The molecule has 20 heavy (non-hydrogen) atoms. The number of hydrogen-bond donors (Lipinski definition) is 0. The first-order valence-electron chi connectivity index (χ1n) is 6.71. The van der Waals surface area contributed by atoms with E-state index in [1.54, 1.807) is 14.2 Å². The molecule has 4 heteroatoms. The van der Waals surface area contributed by atoms with Crippen LogP contribution in [0.5, 0.6) is 0 Å². The maximum atomic E-state index is 6.35. The molecule has 0 saturated heterocycles. The van der Waals surface area contributed by atoms with Gasteiger partial charge in [-0.15, -0.1) is 0 Å². The summed E-state index contributed by atoms with van der Waals surface area (Å²) >= 11 is -3.25. The van der Waals surface area contributed by atoms with Crippen LogP contribution in [0.15, 0.2) is 60.3 Å². The first-order chi connectivity index (χ1) is 9.54. The number of rotatable bonds is 8. The molecule has 110 valence electrons. The average Bonchev–Trinajstić information content (AvgIpc) is 3.01. The van der Waals surface area contributed by atoms with Crippen LogP contribution in [-0.4, -0.2) is 32.3 Å². The van der Waals surface area contributed by atoms with Gasteiger partial charge in [0.05, 0.1) is 0 Å². The Hall–Kier alpha value is -0.291. The van der Waals surface area contributed by atoms with E-state index in [9.17, 15) is 0 Å². The van der Waals surface area contributed by atoms with Gasteiger partial charge in [-0.05, 0) is 0 Å². The molecule has 0 N–H and O–H groups in total. The molecule has 1 aliphatic carbocycles. The molecule has 0 bridgehead atoms. The molecular formula is C16H23ClO2Sn. The SMILES string of the molecule is C=C(/C=C\C(=C/C)C[CH2][Sn]([Cl])([O]C)[O]C)C1C=CC=C1. The van der Waals surface area contributed by atoms with Gasteiger partial charge in [-0.25, -0.2) is 0 Å². The second kappa shape index (κ2) is 8.88. The predicted octanol–water partition coefficient (Wildman–Crippen LogP) is 4.65. The van der Waals surface area contributed by atoms with Crippen LogP contribution < -0.4 is 0 Å². The zero-order valence-electron chi connectivity index (χ0n) is 12.4. The molecule has 1 rings (SSSR count). The van der Waals surface area contributed by atoms with Crippen molar-refractivity contribution in [3.63, 3.8) is 0 Å². The Morgan fingerprint density at radius 2 is 1.85 bits per heavy atom. The minimum absolute atomic E-state index is 0.327. The van der Waals surface area contributed by atoms with Crippen molar-refractivity contribution >= 4 is 27.0 Å². The molecular weight excluding hydrogens is 378 g/mol. The molecule has 1 aliphatic rings. The molecule has 0 unspecified atom stereocenters. The van der Waals surface area contributed by atoms with E-state index >= 15 is 0 Å². The van der Waals surface area contributed by atoms with E-state index in [0.29, 0.717) is 5.92 Å². The summed E-state index contributed by atoms with van der Waals surface area (Å²) in [5.41, 5.74) is 2.32. The van der Waals surface area contributed by atoms with Crippen molar-refractivity contribution in [1.82, 2.24) is 0 Å². The van der Waals surface area contributed by atoms with Gasteiger partial charge in [0.15, 0.2) is 0 Å². The summed E-state index contributed by atoms with van der Waals surface area (Å²) in [6, 6.07) is 0. The minimum atomic E-state index is -3.25. The van der Waals surface area contributed by atoms with Gasteiger partial charge in [0.1, 0.15) is 0 Å². The van der Waals surface area contributed by atoms with E-state index in [1.165, 1.54) is 5.57 Å². The molecule has 0 fully saturated rings. The van der Waals surface area contributed by atoms with Crippen LogP contribution >= 0.6 is 8.92 Å². The van der Waals surface area contributed by atoms with E-state index < -0.39 is 18.1 Å². The summed E-state index contributed by atoms with van der Waals surface area (Å²) in [6.07, 6.45) is 15.5. The van der Waals surface area contributed by atoms with Crippen LogP contribution in [0.1, 0.15) is 13.3 Å². The van der Waals surface area contributed by atoms with Crippen LogP contribution in [0.2, 0.25) is 4.44 Å². The van der Waals surface area contributed by atoms with Crippen molar-refractivity contribution in [1.29, 1.82) is 0 Å². The molecule has 2 nitrogen and oxygen atoms in total. The van der Waals surface area contributed by atoms with Gasteiger partial charge in [-0.3, -0.25) is 0 Å². The summed E-state index contributed by atoms with van der Waals surface area (Å²) in [4.78, 5) is 0. The zero-order valence-corrected chi connectivity index (χ0v) is 16.0. The Bertz CT molecular complexity index is 433. The van der Waals surface area contributed by atoms with Gasteiger partial charge in [-0.1, -0.05) is 0 Å². The van der Waals surface area contributed by atoms with Crippen LogP contribution in [-0.2, 0) is 6.15 Å². The third-order valence-corrected chi connectivity index (χ3v) is 12.6. The normalized spacial score (nSPS) is 16.5. The summed E-state index contributed by atoms with van der Waals surface area (Å²) in [5, 5.41) is 0. The van der Waals surface area contributed by atoms with Gasteiger partial charge in [0.2, 0.25) is 0 Å². The first kappa shape index (κ1) is 17.8. The van der Waals surface area contributed by atoms with Crippen molar-refractivity contribution in [3.8, 4) is 0 Å². The van der Waals surface area contributed by atoms with E-state index in [0.717, 1.165) is 16.4 Å². The second-order valence-corrected chi connectivity index (χ2v) is 16.0. The molecule has 0 saturated carbocycles. The summed E-state index contributed by atoms with van der Waals surface area (Å²) in [7, 11) is 9.63. The zero-order chi connectivity index (χ0) is 15.0.